The van der Waals surface area contributed by atoms with Crippen LogP contribution in [0, 0.1) is 11.3 Å². The van der Waals surface area contributed by atoms with E-state index in [1.54, 1.807) is 0 Å². The molecule has 1 aliphatic carbocycles. The lowest BCUT2D eigenvalue weighted by Crippen LogP contribution is -2.40. The van der Waals surface area contributed by atoms with E-state index in [-0.39, 0.29) is 6.10 Å². The number of ether oxygens (including phenoxy) is 1. The zero-order valence-electron chi connectivity index (χ0n) is 12.1. The molecule has 4 heteroatoms. The molecule has 0 radical (unpaired) electrons. The number of pyridine rings is 1. The van der Waals surface area contributed by atoms with Gasteiger partial charge in [0.15, 0.2) is 0 Å². The second kappa shape index (κ2) is 5.80. The molecule has 0 bridgehead atoms. The SMILES string of the molecule is CCOC1CCCN(c2nc3c(cc2C#N)CCC3)C1. The Morgan fingerprint density at radius 2 is 2.35 bits per heavy atom. The fraction of sp³-hybridized carbons (Fsp3) is 0.625. The molecule has 1 atom stereocenters. The normalized spacial score (nSPS) is 21.6. The van der Waals surface area contributed by atoms with Crippen LogP contribution in [0.4, 0.5) is 5.82 Å². The molecule has 1 saturated heterocycles. The summed E-state index contributed by atoms with van der Waals surface area (Å²) in [7, 11) is 0. The lowest BCUT2D eigenvalue weighted by molar-refractivity contribution is 0.0525. The average molecular weight is 271 g/mol. The highest BCUT2D eigenvalue weighted by atomic mass is 16.5. The minimum atomic E-state index is 0.273. The predicted molar refractivity (Wildman–Crippen MR) is 77.8 cm³/mol. The number of hydrogen-bond donors (Lipinski definition) is 0. The van der Waals surface area contributed by atoms with Crippen molar-refractivity contribution in [2.75, 3.05) is 24.6 Å². The molecule has 0 N–H and O–H groups in total. The molecule has 20 heavy (non-hydrogen) atoms. The van der Waals surface area contributed by atoms with Crippen LogP contribution in [0.25, 0.3) is 0 Å². The summed E-state index contributed by atoms with van der Waals surface area (Å²) in [4.78, 5) is 7.03. The highest BCUT2D eigenvalue weighted by Gasteiger charge is 2.25. The Balaban J connectivity index is 1.87. The summed E-state index contributed by atoms with van der Waals surface area (Å²) < 4.78 is 5.75. The number of hydrogen-bond acceptors (Lipinski definition) is 4. The molecule has 0 amide bonds. The Morgan fingerprint density at radius 1 is 1.45 bits per heavy atom. The van der Waals surface area contributed by atoms with E-state index in [2.05, 4.69) is 17.0 Å². The topological polar surface area (TPSA) is 49.1 Å². The van der Waals surface area contributed by atoms with Gasteiger partial charge in [0, 0.05) is 25.4 Å². The third-order valence-corrected chi connectivity index (χ3v) is 4.23. The monoisotopic (exact) mass is 271 g/mol. The highest BCUT2D eigenvalue weighted by Crippen LogP contribution is 2.29. The molecule has 3 rings (SSSR count). The lowest BCUT2D eigenvalue weighted by Gasteiger charge is -2.34. The minimum Gasteiger partial charge on any atom is -0.377 e. The molecule has 2 aliphatic rings. The van der Waals surface area contributed by atoms with E-state index in [0.717, 1.165) is 63.2 Å². The Bertz CT molecular complexity index is 533. The second-order valence-corrected chi connectivity index (χ2v) is 5.60. The van der Waals surface area contributed by atoms with E-state index in [0.29, 0.717) is 0 Å². The van der Waals surface area contributed by atoms with Gasteiger partial charge in [-0.2, -0.15) is 5.26 Å². The van der Waals surface area contributed by atoms with Gasteiger partial charge in [-0.3, -0.25) is 0 Å². The van der Waals surface area contributed by atoms with Crippen molar-refractivity contribution in [2.45, 2.75) is 45.1 Å². The van der Waals surface area contributed by atoms with Crippen LogP contribution in [0.5, 0.6) is 0 Å². The maximum Gasteiger partial charge on any atom is 0.146 e. The number of rotatable bonds is 3. The highest BCUT2D eigenvalue weighted by molar-refractivity contribution is 5.57. The molecule has 1 aromatic heterocycles. The molecule has 2 heterocycles. The quantitative estimate of drug-likeness (QED) is 0.847. The van der Waals surface area contributed by atoms with Crippen LogP contribution in [-0.4, -0.2) is 30.8 Å². The van der Waals surface area contributed by atoms with E-state index in [9.17, 15) is 5.26 Å². The number of aromatic nitrogens is 1. The van der Waals surface area contributed by atoms with Crippen LogP contribution in [0.15, 0.2) is 6.07 Å². The Labute approximate surface area is 120 Å². The van der Waals surface area contributed by atoms with Gasteiger partial charge in [0.25, 0.3) is 0 Å². The molecule has 1 unspecified atom stereocenters. The first-order valence-corrected chi connectivity index (χ1v) is 7.61. The zero-order chi connectivity index (χ0) is 13.9. The van der Waals surface area contributed by atoms with Crippen molar-refractivity contribution in [1.29, 1.82) is 5.26 Å². The summed E-state index contributed by atoms with van der Waals surface area (Å²) in [6.45, 7) is 4.62. The number of fused-ring (bicyclic) bond motifs is 1. The molecular weight excluding hydrogens is 250 g/mol. The van der Waals surface area contributed by atoms with E-state index >= 15 is 0 Å². The molecule has 1 aromatic rings. The molecule has 1 fully saturated rings. The van der Waals surface area contributed by atoms with E-state index in [1.807, 2.05) is 6.92 Å². The minimum absolute atomic E-state index is 0.273. The fourth-order valence-electron chi connectivity index (χ4n) is 3.29. The maximum absolute atomic E-state index is 9.40. The van der Waals surface area contributed by atoms with Crippen LogP contribution < -0.4 is 4.90 Å². The lowest BCUT2D eigenvalue weighted by atomic mass is 10.1. The van der Waals surface area contributed by atoms with E-state index in [4.69, 9.17) is 9.72 Å². The van der Waals surface area contributed by atoms with Gasteiger partial charge in [-0.05, 0) is 50.7 Å². The number of aryl methyl sites for hydroxylation is 2. The van der Waals surface area contributed by atoms with Crippen molar-refractivity contribution in [3.63, 3.8) is 0 Å². The van der Waals surface area contributed by atoms with Gasteiger partial charge in [0.2, 0.25) is 0 Å². The molecule has 106 valence electrons. The Hall–Kier alpha value is -1.60. The third kappa shape index (κ3) is 2.51. The first-order valence-electron chi connectivity index (χ1n) is 7.61. The van der Waals surface area contributed by atoms with Crippen molar-refractivity contribution in [1.82, 2.24) is 4.98 Å². The maximum atomic E-state index is 9.40. The van der Waals surface area contributed by atoms with Gasteiger partial charge in [-0.15, -0.1) is 0 Å². The molecule has 1 aliphatic heterocycles. The number of nitrogens with zero attached hydrogens (tertiary/aromatic N) is 3. The van der Waals surface area contributed by atoms with Crippen molar-refractivity contribution < 1.29 is 4.74 Å². The average Bonchev–Trinajstić information content (AvgIpc) is 2.93. The van der Waals surface area contributed by atoms with Gasteiger partial charge in [-0.1, -0.05) is 0 Å². The van der Waals surface area contributed by atoms with Crippen molar-refractivity contribution in [3.05, 3.63) is 22.9 Å². The molecule has 0 spiro atoms. The fourth-order valence-corrected chi connectivity index (χ4v) is 3.29. The number of nitriles is 1. The third-order valence-electron chi connectivity index (χ3n) is 4.23. The molecule has 4 nitrogen and oxygen atoms in total. The van der Waals surface area contributed by atoms with Gasteiger partial charge >= 0.3 is 0 Å². The van der Waals surface area contributed by atoms with Crippen LogP contribution >= 0.6 is 0 Å². The Kier molecular flexibility index (Phi) is 3.88. The number of anilines is 1. The molecular formula is C16H21N3O. The molecule has 0 aromatic carbocycles. The number of piperidine rings is 1. The smallest absolute Gasteiger partial charge is 0.146 e. The summed E-state index contributed by atoms with van der Waals surface area (Å²) in [6, 6.07) is 4.37. The molecule has 0 saturated carbocycles. The first kappa shape index (κ1) is 13.4. The summed E-state index contributed by atoms with van der Waals surface area (Å²) >= 11 is 0. The van der Waals surface area contributed by atoms with Crippen molar-refractivity contribution >= 4 is 5.82 Å². The first-order chi connectivity index (χ1) is 9.81. The standard InChI is InChI=1S/C16H21N3O/c1-2-20-14-6-4-8-19(11-14)16-13(10-17)9-12-5-3-7-15(12)18-16/h9,14H,2-8,11H2,1H3. The largest absolute Gasteiger partial charge is 0.377 e. The summed E-state index contributed by atoms with van der Waals surface area (Å²) in [5, 5.41) is 9.40. The van der Waals surface area contributed by atoms with Gasteiger partial charge in [0.1, 0.15) is 11.9 Å². The summed E-state index contributed by atoms with van der Waals surface area (Å²) in [6.07, 6.45) is 5.77. The predicted octanol–water partition coefficient (Wildman–Crippen LogP) is 2.45. The van der Waals surface area contributed by atoms with Crippen LogP contribution in [0.1, 0.15) is 43.0 Å². The van der Waals surface area contributed by atoms with Crippen molar-refractivity contribution in [2.24, 2.45) is 0 Å². The zero-order valence-corrected chi connectivity index (χ0v) is 12.1. The van der Waals surface area contributed by atoms with Crippen LogP contribution in [0.3, 0.4) is 0 Å². The van der Waals surface area contributed by atoms with E-state index in [1.165, 1.54) is 11.3 Å². The summed E-state index contributed by atoms with van der Waals surface area (Å²) in [5.74, 6) is 0.873. The van der Waals surface area contributed by atoms with Gasteiger partial charge in [-0.25, -0.2) is 4.98 Å². The van der Waals surface area contributed by atoms with E-state index < -0.39 is 0 Å². The summed E-state index contributed by atoms with van der Waals surface area (Å²) in [5.41, 5.74) is 3.18. The van der Waals surface area contributed by atoms with Gasteiger partial charge in [0.05, 0.1) is 11.7 Å². The Morgan fingerprint density at radius 3 is 3.15 bits per heavy atom. The van der Waals surface area contributed by atoms with Crippen LogP contribution in [0.2, 0.25) is 0 Å². The van der Waals surface area contributed by atoms with Gasteiger partial charge < -0.3 is 9.64 Å². The van der Waals surface area contributed by atoms with Crippen molar-refractivity contribution in [3.8, 4) is 6.07 Å². The van der Waals surface area contributed by atoms with Crippen LogP contribution in [-0.2, 0) is 17.6 Å². The second-order valence-electron chi connectivity index (χ2n) is 5.60.